The van der Waals surface area contributed by atoms with E-state index in [1.807, 2.05) is 24.3 Å². The minimum absolute atomic E-state index is 0.101. The number of hydrazone groups is 1. The van der Waals surface area contributed by atoms with Crippen LogP contribution in [0.4, 0.5) is 10.1 Å². The molecule has 0 fully saturated rings. The highest BCUT2D eigenvalue weighted by Gasteiger charge is 2.18. The summed E-state index contributed by atoms with van der Waals surface area (Å²) < 4.78 is 5.19. The molecular weight excluding hydrogens is 456 g/mol. The number of nitrogens with one attached hydrogen (secondary N) is 2. The second kappa shape index (κ2) is 9.60. The lowest BCUT2D eigenvalue weighted by molar-refractivity contribution is 0.0997. The highest BCUT2D eigenvalue weighted by molar-refractivity contribution is 7.20. The Kier molecular flexibility index (Phi) is 6.62. The SMILES string of the molecule is CC(C)(C)c1ccc(C=NNc2nc(-c3ccc(Cl)cc3)c(NC(=O)c3ccco3)s2)cc1. The van der Waals surface area contributed by atoms with Gasteiger partial charge in [-0.25, -0.2) is 4.98 Å². The first kappa shape index (κ1) is 22.8. The molecule has 0 bridgehead atoms. The van der Waals surface area contributed by atoms with Crippen molar-refractivity contribution in [2.45, 2.75) is 26.2 Å². The van der Waals surface area contributed by atoms with Crippen molar-refractivity contribution >= 4 is 45.2 Å². The van der Waals surface area contributed by atoms with Crippen LogP contribution in [0.3, 0.4) is 0 Å². The van der Waals surface area contributed by atoms with E-state index in [2.05, 4.69) is 53.7 Å². The Bertz CT molecular complexity index is 1260. The predicted molar refractivity (Wildman–Crippen MR) is 136 cm³/mol. The Morgan fingerprint density at radius 3 is 2.45 bits per heavy atom. The fourth-order valence-electron chi connectivity index (χ4n) is 3.06. The molecule has 168 valence electrons. The van der Waals surface area contributed by atoms with Gasteiger partial charge in [0, 0.05) is 10.6 Å². The highest BCUT2D eigenvalue weighted by atomic mass is 35.5. The Morgan fingerprint density at radius 1 is 1.09 bits per heavy atom. The summed E-state index contributed by atoms with van der Waals surface area (Å²) in [6.45, 7) is 6.54. The molecule has 4 aromatic rings. The first-order chi connectivity index (χ1) is 15.8. The molecule has 2 aromatic heterocycles. The molecule has 2 aromatic carbocycles. The quantitative estimate of drug-likeness (QED) is 0.230. The Hall–Kier alpha value is -3.42. The molecule has 6 nitrogen and oxygen atoms in total. The molecule has 8 heteroatoms. The molecular formula is C25H23ClN4O2S. The minimum atomic E-state index is -0.354. The van der Waals surface area contributed by atoms with Gasteiger partial charge in [-0.15, -0.1) is 0 Å². The molecule has 0 radical (unpaired) electrons. The van der Waals surface area contributed by atoms with Gasteiger partial charge in [-0.3, -0.25) is 10.2 Å². The van der Waals surface area contributed by atoms with Gasteiger partial charge in [0.1, 0.15) is 10.7 Å². The number of furan rings is 1. The van der Waals surface area contributed by atoms with Crippen LogP contribution in [-0.4, -0.2) is 17.1 Å². The fourth-order valence-corrected chi connectivity index (χ4v) is 4.02. The van der Waals surface area contributed by atoms with Gasteiger partial charge >= 0.3 is 0 Å². The number of carbonyl (C=O) groups is 1. The summed E-state index contributed by atoms with van der Waals surface area (Å²) in [7, 11) is 0. The van der Waals surface area contributed by atoms with Crippen molar-refractivity contribution in [3.8, 4) is 11.3 Å². The summed E-state index contributed by atoms with van der Waals surface area (Å²) in [5.41, 5.74) is 6.73. The summed E-state index contributed by atoms with van der Waals surface area (Å²) >= 11 is 7.31. The van der Waals surface area contributed by atoms with Gasteiger partial charge in [0.05, 0.1) is 12.5 Å². The number of nitrogens with zero attached hydrogens (tertiary/aromatic N) is 2. The maximum atomic E-state index is 12.5. The van der Waals surface area contributed by atoms with Crippen molar-refractivity contribution < 1.29 is 9.21 Å². The van der Waals surface area contributed by atoms with Gasteiger partial charge < -0.3 is 9.73 Å². The zero-order valence-electron chi connectivity index (χ0n) is 18.4. The summed E-state index contributed by atoms with van der Waals surface area (Å²) in [6.07, 6.45) is 3.19. The van der Waals surface area contributed by atoms with Gasteiger partial charge in [-0.2, -0.15) is 5.10 Å². The van der Waals surface area contributed by atoms with Crippen molar-refractivity contribution in [3.05, 3.63) is 88.8 Å². The van der Waals surface area contributed by atoms with Crippen molar-refractivity contribution in [1.82, 2.24) is 4.98 Å². The number of amides is 1. The van der Waals surface area contributed by atoms with Crippen molar-refractivity contribution in [1.29, 1.82) is 0 Å². The molecule has 0 aliphatic rings. The van der Waals surface area contributed by atoms with Crippen molar-refractivity contribution in [2.24, 2.45) is 5.10 Å². The molecule has 1 amide bonds. The number of benzene rings is 2. The van der Waals surface area contributed by atoms with Gasteiger partial charge in [-0.05, 0) is 40.8 Å². The number of rotatable bonds is 6. The number of thiazole rings is 1. The number of anilines is 2. The van der Waals surface area contributed by atoms with Gasteiger partial charge in [0.2, 0.25) is 5.13 Å². The van der Waals surface area contributed by atoms with Crippen LogP contribution in [0.5, 0.6) is 0 Å². The van der Waals surface area contributed by atoms with Crippen LogP contribution in [0.2, 0.25) is 5.02 Å². The molecule has 0 aliphatic carbocycles. The van der Waals surface area contributed by atoms with E-state index < -0.39 is 0 Å². The van der Waals surface area contributed by atoms with E-state index in [1.54, 1.807) is 30.5 Å². The standard InChI is InChI=1S/C25H23ClN4O2S/c1-25(2,3)18-10-6-16(7-11-18)15-27-30-24-28-21(17-8-12-19(26)13-9-17)23(33-24)29-22(31)20-5-4-14-32-20/h4-15H,1-3H3,(H,28,30)(H,29,31). The third kappa shape index (κ3) is 5.69. The van der Waals surface area contributed by atoms with E-state index in [9.17, 15) is 4.79 Å². The predicted octanol–water partition coefficient (Wildman–Crippen LogP) is 7.05. The van der Waals surface area contributed by atoms with Crippen molar-refractivity contribution in [2.75, 3.05) is 10.7 Å². The van der Waals surface area contributed by atoms with Crippen LogP contribution < -0.4 is 10.7 Å². The second-order valence-corrected chi connectivity index (χ2v) is 9.81. The molecule has 0 unspecified atom stereocenters. The summed E-state index contributed by atoms with van der Waals surface area (Å²) in [4.78, 5) is 17.1. The topological polar surface area (TPSA) is 79.5 Å². The van der Waals surface area contributed by atoms with E-state index in [4.69, 9.17) is 16.0 Å². The minimum Gasteiger partial charge on any atom is -0.459 e. The molecule has 0 aliphatic heterocycles. The smallest absolute Gasteiger partial charge is 0.292 e. The van der Waals surface area contributed by atoms with Crippen LogP contribution >= 0.6 is 22.9 Å². The van der Waals surface area contributed by atoms with Crippen LogP contribution in [0.15, 0.2) is 76.4 Å². The largest absolute Gasteiger partial charge is 0.459 e. The third-order valence-electron chi connectivity index (χ3n) is 4.87. The fraction of sp³-hybridized carbons (Fsp3) is 0.160. The number of aromatic nitrogens is 1. The van der Waals surface area contributed by atoms with Gasteiger partial charge in [0.25, 0.3) is 5.91 Å². The number of halogens is 1. The molecule has 0 saturated carbocycles. The van der Waals surface area contributed by atoms with E-state index in [0.717, 1.165) is 11.1 Å². The third-order valence-corrected chi connectivity index (χ3v) is 5.99. The lowest BCUT2D eigenvalue weighted by Crippen LogP contribution is -2.10. The zero-order chi connectivity index (χ0) is 23.4. The number of carbonyl (C=O) groups excluding carboxylic acids is 1. The van der Waals surface area contributed by atoms with Crippen LogP contribution in [0, 0.1) is 0 Å². The monoisotopic (exact) mass is 478 g/mol. The lowest BCUT2D eigenvalue weighted by atomic mass is 9.87. The Labute approximate surface area is 201 Å². The molecule has 2 heterocycles. The molecule has 0 spiro atoms. The average molecular weight is 479 g/mol. The van der Waals surface area contributed by atoms with E-state index >= 15 is 0 Å². The molecule has 0 atom stereocenters. The first-order valence-corrected chi connectivity index (χ1v) is 11.5. The maximum absolute atomic E-state index is 12.5. The summed E-state index contributed by atoms with van der Waals surface area (Å²) in [5, 5.41) is 8.92. The summed E-state index contributed by atoms with van der Waals surface area (Å²) in [5.74, 6) is -0.135. The van der Waals surface area contributed by atoms with Gasteiger partial charge in [0.15, 0.2) is 5.76 Å². The van der Waals surface area contributed by atoms with Crippen LogP contribution in [0.25, 0.3) is 11.3 Å². The van der Waals surface area contributed by atoms with Crippen molar-refractivity contribution in [3.63, 3.8) is 0 Å². The average Bonchev–Trinajstić information content (AvgIpc) is 3.45. The molecule has 2 N–H and O–H groups in total. The lowest BCUT2D eigenvalue weighted by Gasteiger charge is -2.18. The summed E-state index contributed by atoms with van der Waals surface area (Å²) in [6, 6.07) is 18.8. The molecule has 33 heavy (non-hydrogen) atoms. The normalized spacial score (nSPS) is 11.6. The Balaban J connectivity index is 1.54. The number of hydrogen-bond acceptors (Lipinski definition) is 6. The second-order valence-electron chi connectivity index (χ2n) is 8.38. The van der Waals surface area contributed by atoms with E-state index in [0.29, 0.717) is 20.8 Å². The number of hydrogen-bond donors (Lipinski definition) is 2. The highest BCUT2D eigenvalue weighted by Crippen LogP contribution is 2.36. The van der Waals surface area contributed by atoms with E-state index in [1.165, 1.54) is 23.2 Å². The van der Waals surface area contributed by atoms with E-state index in [-0.39, 0.29) is 17.1 Å². The van der Waals surface area contributed by atoms with Crippen LogP contribution in [0.1, 0.15) is 42.5 Å². The molecule has 4 rings (SSSR count). The maximum Gasteiger partial charge on any atom is 0.292 e. The zero-order valence-corrected chi connectivity index (χ0v) is 20.0. The van der Waals surface area contributed by atoms with Gasteiger partial charge in [-0.1, -0.05) is 80.1 Å². The molecule has 0 saturated heterocycles. The Morgan fingerprint density at radius 2 is 1.82 bits per heavy atom. The van der Waals surface area contributed by atoms with Crippen LogP contribution in [-0.2, 0) is 5.41 Å². The first-order valence-electron chi connectivity index (χ1n) is 10.3.